The molecule has 2 N–H and O–H groups in total. The highest BCUT2D eigenvalue weighted by Crippen LogP contribution is 2.05. The van der Waals surface area contributed by atoms with E-state index in [2.05, 4.69) is 22.1 Å². The Balaban J connectivity index is 2.74. The van der Waals surface area contributed by atoms with Gasteiger partial charge in [-0.15, -0.1) is 0 Å². The molecule has 1 aromatic rings. The maximum Gasteiger partial charge on any atom is 0.253 e. The van der Waals surface area contributed by atoms with Crippen LogP contribution in [-0.4, -0.2) is 53.0 Å². The van der Waals surface area contributed by atoms with Gasteiger partial charge < -0.3 is 15.3 Å². The van der Waals surface area contributed by atoms with Gasteiger partial charge in [0.15, 0.2) is 0 Å². The fraction of sp³-hybridized carbons (Fsp3) is 0.400. The summed E-state index contributed by atoms with van der Waals surface area (Å²) in [6.45, 7) is 4.62. The van der Waals surface area contributed by atoms with Crippen LogP contribution >= 0.6 is 0 Å². The number of nitrogens with zero attached hydrogens (tertiary/aromatic N) is 2. The lowest BCUT2D eigenvalue weighted by Gasteiger charge is -2.18. The van der Waals surface area contributed by atoms with Gasteiger partial charge >= 0.3 is 0 Å². The van der Waals surface area contributed by atoms with E-state index in [4.69, 9.17) is 5.11 Å². The Bertz CT molecular complexity index is 557. The number of likely N-dealkylation sites (N-methyl/N-ethyl adjacent to an activating group) is 1. The van der Waals surface area contributed by atoms with Crippen molar-refractivity contribution in [3.05, 3.63) is 29.6 Å². The standard InChI is InChI=1S/C15H19N3O3/c1-3-18(4-2)14(20)11-17-15(21)13-7-8-16-10-12(13)6-5-9-19/h7-8,10,19H,3-4,9,11H2,1-2H3,(H,17,21). The third kappa shape index (κ3) is 4.89. The first-order valence-electron chi connectivity index (χ1n) is 6.73. The number of pyridine rings is 1. The van der Waals surface area contributed by atoms with Crippen LogP contribution in [0.5, 0.6) is 0 Å². The monoisotopic (exact) mass is 289 g/mol. The third-order valence-corrected chi connectivity index (χ3v) is 2.88. The highest BCUT2D eigenvalue weighted by molar-refractivity contribution is 5.98. The highest BCUT2D eigenvalue weighted by Gasteiger charge is 2.14. The summed E-state index contributed by atoms with van der Waals surface area (Å²) in [4.78, 5) is 29.5. The molecule has 0 radical (unpaired) electrons. The first-order valence-corrected chi connectivity index (χ1v) is 6.73. The molecule has 1 heterocycles. The third-order valence-electron chi connectivity index (χ3n) is 2.88. The maximum absolute atomic E-state index is 12.1. The van der Waals surface area contributed by atoms with Gasteiger partial charge in [-0.25, -0.2) is 0 Å². The lowest BCUT2D eigenvalue weighted by Crippen LogP contribution is -2.40. The molecule has 0 saturated heterocycles. The average Bonchev–Trinajstić information content (AvgIpc) is 2.52. The van der Waals surface area contributed by atoms with Gasteiger partial charge in [0.05, 0.1) is 17.7 Å². The van der Waals surface area contributed by atoms with Crippen molar-refractivity contribution in [1.29, 1.82) is 0 Å². The van der Waals surface area contributed by atoms with E-state index in [0.29, 0.717) is 24.2 Å². The predicted octanol–water partition coefficient (Wildman–Crippen LogP) is 0.0236. The van der Waals surface area contributed by atoms with Gasteiger partial charge in [-0.2, -0.15) is 0 Å². The summed E-state index contributed by atoms with van der Waals surface area (Å²) >= 11 is 0. The van der Waals surface area contributed by atoms with Gasteiger partial charge in [0.2, 0.25) is 5.91 Å². The Morgan fingerprint density at radius 1 is 1.38 bits per heavy atom. The summed E-state index contributed by atoms with van der Waals surface area (Å²) < 4.78 is 0. The smallest absolute Gasteiger partial charge is 0.253 e. The topological polar surface area (TPSA) is 82.5 Å². The number of carbonyl (C=O) groups excluding carboxylic acids is 2. The van der Waals surface area contributed by atoms with Crippen molar-refractivity contribution in [2.45, 2.75) is 13.8 Å². The van der Waals surface area contributed by atoms with Crippen molar-refractivity contribution in [2.75, 3.05) is 26.2 Å². The number of carbonyl (C=O) groups is 2. The largest absolute Gasteiger partial charge is 0.384 e. The van der Waals surface area contributed by atoms with E-state index < -0.39 is 0 Å². The number of hydrogen-bond acceptors (Lipinski definition) is 4. The number of aliphatic hydroxyl groups excluding tert-OH is 1. The number of aliphatic hydroxyl groups is 1. The summed E-state index contributed by atoms with van der Waals surface area (Å²) in [5.41, 5.74) is 0.748. The number of aromatic nitrogens is 1. The van der Waals surface area contributed by atoms with Crippen LogP contribution in [0.4, 0.5) is 0 Å². The predicted molar refractivity (Wildman–Crippen MR) is 78.5 cm³/mol. The van der Waals surface area contributed by atoms with Crippen LogP contribution < -0.4 is 5.32 Å². The van der Waals surface area contributed by atoms with E-state index >= 15 is 0 Å². The van der Waals surface area contributed by atoms with Crippen LogP contribution in [0.2, 0.25) is 0 Å². The molecule has 21 heavy (non-hydrogen) atoms. The minimum atomic E-state index is -0.389. The molecular weight excluding hydrogens is 270 g/mol. The number of nitrogens with one attached hydrogen (secondary N) is 1. The molecule has 6 heteroatoms. The molecule has 0 saturated carbocycles. The zero-order chi connectivity index (χ0) is 15.7. The van der Waals surface area contributed by atoms with E-state index in [1.54, 1.807) is 4.90 Å². The van der Waals surface area contributed by atoms with Crippen LogP contribution in [0.1, 0.15) is 29.8 Å². The molecule has 0 fully saturated rings. The first-order chi connectivity index (χ1) is 10.1. The van der Waals surface area contributed by atoms with Crippen LogP contribution in [-0.2, 0) is 4.79 Å². The van der Waals surface area contributed by atoms with E-state index in [-0.39, 0.29) is 25.0 Å². The van der Waals surface area contributed by atoms with E-state index in [0.717, 1.165) is 0 Å². The van der Waals surface area contributed by atoms with Crippen molar-refractivity contribution in [2.24, 2.45) is 0 Å². The normalized spacial score (nSPS) is 9.48. The zero-order valence-electron chi connectivity index (χ0n) is 12.2. The van der Waals surface area contributed by atoms with Crippen molar-refractivity contribution in [1.82, 2.24) is 15.2 Å². The molecular formula is C15H19N3O3. The molecule has 2 amide bonds. The Morgan fingerprint density at radius 3 is 2.71 bits per heavy atom. The molecule has 1 aromatic heterocycles. The van der Waals surface area contributed by atoms with E-state index in [9.17, 15) is 9.59 Å². The van der Waals surface area contributed by atoms with Gasteiger partial charge in [0, 0.05) is 25.5 Å². The van der Waals surface area contributed by atoms with Gasteiger partial charge in [0.1, 0.15) is 6.61 Å². The summed E-state index contributed by atoms with van der Waals surface area (Å²) in [5, 5.41) is 11.3. The summed E-state index contributed by atoms with van der Waals surface area (Å²) in [5.74, 6) is 4.61. The number of amides is 2. The minimum Gasteiger partial charge on any atom is -0.384 e. The van der Waals surface area contributed by atoms with Crippen molar-refractivity contribution in [3.8, 4) is 11.8 Å². The molecule has 0 aromatic carbocycles. The maximum atomic E-state index is 12.1. The van der Waals surface area contributed by atoms with Gasteiger partial charge in [-0.05, 0) is 19.9 Å². The lowest BCUT2D eigenvalue weighted by molar-refractivity contribution is -0.129. The fourth-order valence-corrected chi connectivity index (χ4v) is 1.77. The second-order valence-electron chi connectivity index (χ2n) is 4.13. The minimum absolute atomic E-state index is 0.0598. The molecule has 0 aliphatic rings. The van der Waals surface area contributed by atoms with E-state index in [1.807, 2.05) is 13.8 Å². The van der Waals surface area contributed by atoms with Crippen molar-refractivity contribution in [3.63, 3.8) is 0 Å². The SMILES string of the molecule is CCN(CC)C(=O)CNC(=O)c1ccncc1C#CCO. The highest BCUT2D eigenvalue weighted by atomic mass is 16.2. The lowest BCUT2D eigenvalue weighted by atomic mass is 10.1. The quantitative estimate of drug-likeness (QED) is 0.749. The molecule has 0 atom stereocenters. The summed E-state index contributed by atoms with van der Waals surface area (Å²) in [6.07, 6.45) is 2.93. The molecule has 0 aliphatic carbocycles. The molecule has 0 bridgehead atoms. The molecule has 0 aliphatic heterocycles. The Hall–Kier alpha value is -2.39. The number of rotatable bonds is 5. The molecule has 0 unspecified atom stereocenters. The summed E-state index contributed by atoms with van der Waals surface area (Å²) in [6, 6.07) is 1.53. The van der Waals surface area contributed by atoms with Crippen LogP contribution in [0.15, 0.2) is 18.5 Å². The van der Waals surface area contributed by atoms with Gasteiger partial charge in [-0.1, -0.05) is 11.8 Å². The number of hydrogen-bond donors (Lipinski definition) is 2. The van der Waals surface area contributed by atoms with Crippen LogP contribution in [0.3, 0.4) is 0 Å². The van der Waals surface area contributed by atoms with Crippen LogP contribution in [0, 0.1) is 11.8 Å². The first kappa shape index (κ1) is 16.7. The fourth-order valence-electron chi connectivity index (χ4n) is 1.77. The van der Waals surface area contributed by atoms with Gasteiger partial charge in [0.25, 0.3) is 5.91 Å². The van der Waals surface area contributed by atoms with Crippen LogP contribution in [0.25, 0.3) is 0 Å². The van der Waals surface area contributed by atoms with Gasteiger partial charge in [-0.3, -0.25) is 14.6 Å². The average molecular weight is 289 g/mol. The zero-order valence-corrected chi connectivity index (χ0v) is 12.2. The molecule has 1 rings (SSSR count). The van der Waals surface area contributed by atoms with Crippen molar-refractivity contribution < 1.29 is 14.7 Å². The Kier molecular flexibility index (Phi) is 6.92. The van der Waals surface area contributed by atoms with E-state index in [1.165, 1.54) is 18.5 Å². The molecule has 6 nitrogen and oxygen atoms in total. The molecule has 0 spiro atoms. The second kappa shape index (κ2) is 8.72. The Morgan fingerprint density at radius 2 is 2.10 bits per heavy atom. The Labute approximate surface area is 124 Å². The second-order valence-corrected chi connectivity index (χ2v) is 4.13. The summed E-state index contributed by atoms with van der Waals surface area (Å²) in [7, 11) is 0. The van der Waals surface area contributed by atoms with Crippen molar-refractivity contribution >= 4 is 11.8 Å². The molecule has 112 valence electrons.